The number of nitrogens with zero attached hydrogens (tertiary/aromatic N) is 2. The van der Waals surface area contributed by atoms with Gasteiger partial charge >= 0.3 is 5.97 Å². The van der Waals surface area contributed by atoms with Crippen LogP contribution in [-0.4, -0.2) is 166 Å². The van der Waals surface area contributed by atoms with Gasteiger partial charge in [-0.3, -0.25) is 4.79 Å². The van der Waals surface area contributed by atoms with E-state index in [-0.39, 0.29) is 25.2 Å². The number of quaternary nitrogens is 1. The fraction of sp³-hybridized carbons (Fsp3) is 0.974. The van der Waals surface area contributed by atoms with Gasteiger partial charge in [-0.25, -0.2) is 0 Å². The third-order valence-electron chi connectivity index (χ3n) is 12.3. The molecular formula is C38H72N2O13. The molecular weight excluding hydrogens is 692 g/mol. The number of aliphatic hydroxyl groups excluding tert-OH is 3. The minimum absolute atomic E-state index is 0.0990. The highest BCUT2D eigenvalue weighted by Crippen LogP contribution is 2.40. The van der Waals surface area contributed by atoms with Crippen LogP contribution >= 0.6 is 0 Å². The number of aliphatic hydroxyl groups is 5. The van der Waals surface area contributed by atoms with Gasteiger partial charge in [0.05, 0.1) is 55.6 Å². The van der Waals surface area contributed by atoms with Gasteiger partial charge in [-0.15, -0.1) is 0 Å². The number of methoxy groups -OCH3 is 1. The monoisotopic (exact) mass is 765 g/mol. The first kappa shape index (κ1) is 46.3. The summed E-state index contributed by atoms with van der Waals surface area (Å²) in [7, 11) is 6.21. The first-order valence-corrected chi connectivity index (χ1v) is 19.3. The second kappa shape index (κ2) is 17.6. The molecule has 0 aromatic heterocycles. The molecule has 0 aliphatic carbocycles. The maximum Gasteiger partial charge on any atom is 0.311 e. The summed E-state index contributed by atoms with van der Waals surface area (Å²) in [4.78, 5) is 16.1. The van der Waals surface area contributed by atoms with Crippen molar-refractivity contribution in [2.45, 2.75) is 185 Å². The third-order valence-corrected chi connectivity index (χ3v) is 12.3. The molecule has 3 rings (SSSR count). The molecule has 18 unspecified atom stereocenters. The Morgan fingerprint density at radius 3 is 2.11 bits per heavy atom. The number of hydroxylamine groups is 3. The first-order valence-electron chi connectivity index (χ1n) is 19.3. The fourth-order valence-electron chi connectivity index (χ4n) is 8.84. The average Bonchev–Trinajstić information content (AvgIpc) is 3.05. The molecule has 5 N–H and O–H groups in total. The molecule has 0 aromatic rings. The topological polar surface area (TPSA) is 200 Å². The van der Waals surface area contributed by atoms with Gasteiger partial charge in [0.2, 0.25) is 0 Å². The third kappa shape index (κ3) is 10.5. The standard InChI is InChI=1S/C38H72N2O13/c1-15-27-38(10,46)31(42)24(6)39(11)19-20(2)17-36(8,45)33(53-35-29(41)26(40(12,13)47)16-21(3)49-35)22(4)30(23(5)34(44)51-27)52-28-18-37(9,48-14)32(43)25(7)50-28/h20-33,35,41-43,45-46H,15-19H2,1-14H3. The van der Waals surface area contributed by atoms with Crippen LogP contribution in [0.4, 0.5) is 0 Å². The van der Waals surface area contributed by atoms with Crippen molar-refractivity contribution in [2.75, 3.05) is 34.8 Å². The van der Waals surface area contributed by atoms with Crippen molar-refractivity contribution < 1.29 is 63.4 Å². The maximum atomic E-state index is 14.2. The average molecular weight is 765 g/mol. The summed E-state index contributed by atoms with van der Waals surface area (Å²) >= 11 is 0. The number of rotatable bonds is 7. The lowest BCUT2D eigenvalue weighted by Gasteiger charge is -2.51. The summed E-state index contributed by atoms with van der Waals surface area (Å²) < 4.78 is 36.5. The quantitative estimate of drug-likeness (QED) is 0.143. The molecule has 3 aliphatic rings. The molecule has 15 heteroatoms. The van der Waals surface area contributed by atoms with Crippen LogP contribution in [0.25, 0.3) is 0 Å². The normalized spacial score (nSPS) is 49.1. The molecule has 0 spiro atoms. The predicted molar refractivity (Wildman–Crippen MR) is 196 cm³/mol. The van der Waals surface area contributed by atoms with Gasteiger partial charge < -0.3 is 68.7 Å². The largest absolute Gasteiger partial charge is 0.633 e. The highest BCUT2D eigenvalue weighted by molar-refractivity contribution is 5.73. The molecule has 0 saturated carbocycles. The lowest BCUT2D eigenvalue weighted by atomic mass is 9.77. The SMILES string of the molecule is CCC1OC(=O)C(C)C(OC2CC(C)(OC)C(O)C(C)O2)C(C)C(OC2OC(C)CC([N+](C)(C)[O-])C2O)C(C)(O)CC(C)CN(C)C(C)C(O)C1(C)O. The molecule has 18 atom stereocenters. The van der Waals surface area contributed by atoms with Crippen LogP contribution in [0.5, 0.6) is 0 Å². The number of likely N-dealkylation sites (N-methyl/N-ethyl adjacent to an activating group) is 2. The molecule has 53 heavy (non-hydrogen) atoms. The van der Waals surface area contributed by atoms with Gasteiger partial charge in [-0.1, -0.05) is 20.8 Å². The molecule has 0 aromatic carbocycles. The van der Waals surface area contributed by atoms with Gasteiger partial charge in [0.1, 0.15) is 30.0 Å². The van der Waals surface area contributed by atoms with Crippen molar-refractivity contribution in [3.63, 3.8) is 0 Å². The lowest BCUT2D eigenvalue weighted by Crippen LogP contribution is -2.62. The Morgan fingerprint density at radius 2 is 1.57 bits per heavy atom. The second-order valence-corrected chi connectivity index (χ2v) is 17.6. The zero-order valence-corrected chi connectivity index (χ0v) is 34.6. The first-order chi connectivity index (χ1) is 24.2. The Hall–Kier alpha value is -1.05. The van der Waals surface area contributed by atoms with E-state index in [0.717, 1.165) is 0 Å². The number of hydrogen-bond donors (Lipinski definition) is 5. The van der Waals surface area contributed by atoms with Crippen LogP contribution in [0, 0.1) is 23.0 Å². The van der Waals surface area contributed by atoms with E-state index in [2.05, 4.69) is 0 Å². The molecule has 0 bridgehead atoms. The minimum atomic E-state index is -1.83. The number of carbonyl (C=O) groups is 1. The van der Waals surface area contributed by atoms with Gasteiger partial charge in [-0.05, 0) is 74.3 Å². The van der Waals surface area contributed by atoms with E-state index in [9.17, 15) is 35.5 Å². The summed E-state index contributed by atoms with van der Waals surface area (Å²) in [5, 5.41) is 71.3. The number of carbonyl (C=O) groups excluding carboxylic acids is 1. The van der Waals surface area contributed by atoms with Gasteiger partial charge in [-0.2, -0.15) is 0 Å². The maximum absolute atomic E-state index is 14.2. The predicted octanol–water partition coefficient (Wildman–Crippen LogP) is 1.91. The van der Waals surface area contributed by atoms with Crippen LogP contribution in [0.2, 0.25) is 0 Å². The smallest absolute Gasteiger partial charge is 0.311 e. The Kier molecular flexibility index (Phi) is 15.4. The molecule has 3 fully saturated rings. The Morgan fingerprint density at radius 1 is 0.962 bits per heavy atom. The minimum Gasteiger partial charge on any atom is -0.633 e. The number of esters is 1. The number of cyclic esters (lactones) is 1. The Labute approximate surface area is 317 Å². The summed E-state index contributed by atoms with van der Waals surface area (Å²) in [6, 6.07) is -1.34. The number of hydrogen-bond acceptors (Lipinski definition) is 14. The number of ether oxygens (including phenoxy) is 6. The van der Waals surface area contributed by atoms with Crippen molar-refractivity contribution in [1.29, 1.82) is 0 Å². The van der Waals surface area contributed by atoms with Crippen LogP contribution in [0.15, 0.2) is 0 Å². The van der Waals surface area contributed by atoms with E-state index < -0.39 is 113 Å². The molecule has 0 radical (unpaired) electrons. The molecule has 3 aliphatic heterocycles. The molecule has 15 nitrogen and oxygen atoms in total. The van der Waals surface area contributed by atoms with Crippen LogP contribution in [0.1, 0.15) is 94.9 Å². The van der Waals surface area contributed by atoms with Crippen molar-refractivity contribution in [3.05, 3.63) is 5.21 Å². The summed E-state index contributed by atoms with van der Waals surface area (Å²) in [5.41, 5.74) is -4.51. The van der Waals surface area contributed by atoms with Gasteiger partial charge in [0.15, 0.2) is 18.7 Å². The highest BCUT2D eigenvalue weighted by atomic mass is 16.7. The lowest BCUT2D eigenvalue weighted by molar-refractivity contribution is -0.874. The summed E-state index contributed by atoms with van der Waals surface area (Å²) in [6.07, 6.45) is -9.60. The van der Waals surface area contributed by atoms with Crippen molar-refractivity contribution in [2.24, 2.45) is 17.8 Å². The van der Waals surface area contributed by atoms with Crippen molar-refractivity contribution in [1.82, 2.24) is 4.90 Å². The van der Waals surface area contributed by atoms with E-state index in [1.165, 1.54) is 28.1 Å². The summed E-state index contributed by atoms with van der Waals surface area (Å²) in [6.45, 7) is 17.6. The van der Waals surface area contributed by atoms with Crippen LogP contribution < -0.4 is 0 Å². The second-order valence-electron chi connectivity index (χ2n) is 17.6. The van der Waals surface area contributed by atoms with E-state index in [1.54, 1.807) is 55.4 Å². The van der Waals surface area contributed by atoms with Crippen molar-refractivity contribution >= 4 is 5.97 Å². The van der Waals surface area contributed by atoms with Crippen molar-refractivity contribution in [3.8, 4) is 0 Å². The summed E-state index contributed by atoms with van der Waals surface area (Å²) in [5.74, 6) is -2.80. The van der Waals surface area contributed by atoms with Crippen LogP contribution in [0.3, 0.4) is 0 Å². The molecule has 0 amide bonds. The van der Waals surface area contributed by atoms with E-state index >= 15 is 0 Å². The molecule has 3 saturated heterocycles. The molecule has 3 heterocycles. The van der Waals surface area contributed by atoms with E-state index in [4.69, 9.17) is 28.4 Å². The zero-order chi connectivity index (χ0) is 40.6. The van der Waals surface area contributed by atoms with Gasteiger partial charge in [0, 0.05) is 38.5 Å². The highest BCUT2D eigenvalue weighted by Gasteiger charge is 2.53. The van der Waals surface area contributed by atoms with E-state index in [1.807, 2.05) is 18.9 Å². The van der Waals surface area contributed by atoms with Gasteiger partial charge in [0.25, 0.3) is 0 Å². The zero-order valence-electron chi connectivity index (χ0n) is 34.6. The van der Waals surface area contributed by atoms with Crippen LogP contribution in [-0.2, 0) is 33.2 Å². The van der Waals surface area contributed by atoms with E-state index in [0.29, 0.717) is 13.0 Å². The fourth-order valence-corrected chi connectivity index (χ4v) is 8.84. The molecule has 312 valence electrons. The Balaban J connectivity index is 2.19. The Bertz CT molecular complexity index is 1190.